The van der Waals surface area contributed by atoms with E-state index in [-0.39, 0.29) is 18.0 Å². The number of carbonyl (C=O) groups is 2. The average Bonchev–Trinajstić information content (AvgIpc) is 2.39. The number of rotatable bonds is 5. The van der Waals surface area contributed by atoms with Crippen LogP contribution in [0.1, 0.15) is 29.8 Å². The number of carbonyl (C=O) groups excluding carboxylic acids is 2. The smallest absolute Gasteiger partial charge is 0.257 e. The first kappa shape index (κ1) is 16.1. The highest BCUT2D eigenvalue weighted by Crippen LogP contribution is 2.12. The van der Waals surface area contributed by atoms with Gasteiger partial charge in [0.2, 0.25) is 5.91 Å². The second-order valence-electron chi connectivity index (χ2n) is 4.71. The Morgan fingerprint density at radius 3 is 2.30 bits per heavy atom. The van der Waals surface area contributed by atoms with E-state index in [0.717, 1.165) is 5.56 Å². The number of aryl methyl sites for hydroxylation is 1. The van der Waals surface area contributed by atoms with E-state index < -0.39 is 11.7 Å². The zero-order chi connectivity index (χ0) is 15.3. The molecule has 0 atom stereocenters. The Bertz CT molecular complexity index is 499. The lowest BCUT2D eigenvalue weighted by Gasteiger charge is -2.23. The normalized spacial score (nSPS) is 10.2. The highest BCUT2D eigenvalue weighted by Gasteiger charge is 2.20. The van der Waals surface area contributed by atoms with E-state index in [0.29, 0.717) is 13.1 Å². The van der Waals surface area contributed by atoms with Crippen molar-refractivity contribution in [2.75, 3.05) is 26.7 Å². The number of likely N-dealkylation sites (N-methyl/N-ethyl adjacent to an activating group) is 2. The standard InChI is InChI=1S/C15H21FN2O2/c1-5-18(6-2)14(19)10-17(4)15(20)12-8-7-11(3)9-13(12)16/h7-9H,5-6,10H2,1-4H3. The molecule has 0 radical (unpaired) electrons. The third kappa shape index (κ3) is 3.79. The van der Waals surface area contributed by atoms with E-state index in [9.17, 15) is 14.0 Å². The Hall–Kier alpha value is -1.91. The third-order valence-electron chi connectivity index (χ3n) is 3.19. The molecular formula is C15H21FN2O2. The molecule has 0 aliphatic carbocycles. The lowest BCUT2D eigenvalue weighted by Crippen LogP contribution is -2.41. The number of hydrogen-bond acceptors (Lipinski definition) is 2. The minimum Gasteiger partial charge on any atom is -0.342 e. The van der Waals surface area contributed by atoms with Crippen LogP contribution in [0.4, 0.5) is 4.39 Å². The van der Waals surface area contributed by atoms with Crippen molar-refractivity contribution >= 4 is 11.8 Å². The molecule has 110 valence electrons. The molecule has 0 spiro atoms. The minimum absolute atomic E-state index is 0.00885. The number of hydrogen-bond donors (Lipinski definition) is 0. The fourth-order valence-corrected chi connectivity index (χ4v) is 1.95. The Kier molecular flexibility index (Phi) is 5.67. The number of benzene rings is 1. The van der Waals surface area contributed by atoms with Gasteiger partial charge >= 0.3 is 0 Å². The summed E-state index contributed by atoms with van der Waals surface area (Å²) in [7, 11) is 1.50. The van der Waals surface area contributed by atoms with Crippen LogP contribution in [-0.4, -0.2) is 48.3 Å². The van der Waals surface area contributed by atoms with E-state index >= 15 is 0 Å². The summed E-state index contributed by atoms with van der Waals surface area (Å²) in [5, 5.41) is 0. The molecule has 1 aromatic rings. The van der Waals surface area contributed by atoms with Crippen molar-refractivity contribution in [1.82, 2.24) is 9.80 Å². The van der Waals surface area contributed by atoms with Gasteiger partial charge in [0.25, 0.3) is 5.91 Å². The van der Waals surface area contributed by atoms with Gasteiger partial charge in [0, 0.05) is 20.1 Å². The Balaban J connectivity index is 2.79. The van der Waals surface area contributed by atoms with Crippen molar-refractivity contribution in [2.24, 2.45) is 0 Å². The van der Waals surface area contributed by atoms with Crippen molar-refractivity contribution in [2.45, 2.75) is 20.8 Å². The summed E-state index contributed by atoms with van der Waals surface area (Å²) >= 11 is 0. The highest BCUT2D eigenvalue weighted by atomic mass is 19.1. The van der Waals surface area contributed by atoms with Crippen LogP contribution in [-0.2, 0) is 4.79 Å². The molecule has 5 heteroatoms. The van der Waals surface area contributed by atoms with E-state index in [1.807, 2.05) is 13.8 Å². The molecule has 4 nitrogen and oxygen atoms in total. The lowest BCUT2D eigenvalue weighted by atomic mass is 10.1. The number of nitrogens with zero attached hydrogens (tertiary/aromatic N) is 2. The lowest BCUT2D eigenvalue weighted by molar-refractivity contribution is -0.131. The minimum atomic E-state index is -0.558. The molecule has 0 bridgehead atoms. The van der Waals surface area contributed by atoms with Gasteiger partial charge in [0.05, 0.1) is 12.1 Å². The maximum atomic E-state index is 13.7. The molecule has 1 aromatic carbocycles. The zero-order valence-electron chi connectivity index (χ0n) is 12.4. The topological polar surface area (TPSA) is 40.6 Å². The van der Waals surface area contributed by atoms with E-state index in [4.69, 9.17) is 0 Å². The van der Waals surface area contributed by atoms with Crippen LogP contribution in [0.5, 0.6) is 0 Å². The van der Waals surface area contributed by atoms with Crippen molar-refractivity contribution in [3.05, 3.63) is 35.1 Å². The van der Waals surface area contributed by atoms with Gasteiger partial charge in [0.15, 0.2) is 0 Å². The monoisotopic (exact) mass is 280 g/mol. The quantitative estimate of drug-likeness (QED) is 0.828. The summed E-state index contributed by atoms with van der Waals surface area (Å²) in [5.74, 6) is -1.18. The van der Waals surface area contributed by atoms with Crippen molar-refractivity contribution in [3.8, 4) is 0 Å². The summed E-state index contributed by atoms with van der Waals surface area (Å²) in [5.41, 5.74) is 0.742. The van der Waals surface area contributed by atoms with Gasteiger partial charge in [-0.3, -0.25) is 9.59 Å². The molecule has 0 aliphatic rings. The van der Waals surface area contributed by atoms with Gasteiger partial charge in [-0.1, -0.05) is 6.07 Å². The van der Waals surface area contributed by atoms with Crippen LogP contribution in [0.25, 0.3) is 0 Å². The van der Waals surface area contributed by atoms with Crippen LogP contribution in [0.3, 0.4) is 0 Å². The predicted molar refractivity (Wildman–Crippen MR) is 76.0 cm³/mol. The van der Waals surface area contributed by atoms with Crippen LogP contribution < -0.4 is 0 Å². The molecule has 20 heavy (non-hydrogen) atoms. The van der Waals surface area contributed by atoms with Gasteiger partial charge in [-0.15, -0.1) is 0 Å². The van der Waals surface area contributed by atoms with Gasteiger partial charge in [-0.05, 0) is 38.5 Å². The first-order valence-corrected chi connectivity index (χ1v) is 6.70. The molecule has 0 saturated carbocycles. The first-order chi connectivity index (χ1) is 9.40. The molecule has 0 heterocycles. The average molecular weight is 280 g/mol. The van der Waals surface area contributed by atoms with E-state index in [1.165, 1.54) is 24.1 Å². The molecule has 1 rings (SSSR count). The maximum Gasteiger partial charge on any atom is 0.257 e. The summed E-state index contributed by atoms with van der Waals surface area (Å²) in [6.07, 6.45) is 0. The van der Waals surface area contributed by atoms with Crippen molar-refractivity contribution in [3.63, 3.8) is 0 Å². The summed E-state index contributed by atoms with van der Waals surface area (Å²) in [6.45, 7) is 6.65. The fourth-order valence-electron chi connectivity index (χ4n) is 1.95. The summed E-state index contributed by atoms with van der Waals surface area (Å²) in [4.78, 5) is 26.9. The van der Waals surface area contributed by atoms with Crippen LogP contribution in [0.15, 0.2) is 18.2 Å². The molecular weight excluding hydrogens is 259 g/mol. The zero-order valence-corrected chi connectivity index (χ0v) is 12.4. The largest absolute Gasteiger partial charge is 0.342 e. The molecule has 2 amide bonds. The van der Waals surface area contributed by atoms with Crippen LogP contribution >= 0.6 is 0 Å². The SMILES string of the molecule is CCN(CC)C(=O)CN(C)C(=O)c1ccc(C)cc1F. The molecule has 0 aliphatic heterocycles. The number of amides is 2. The summed E-state index contributed by atoms with van der Waals surface area (Å²) < 4.78 is 13.7. The Morgan fingerprint density at radius 1 is 1.20 bits per heavy atom. The molecule has 0 unspecified atom stereocenters. The van der Waals surface area contributed by atoms with Gasteiger partial charge < -0.3 is 9.80 Å². The fraction of sp³-hybridized carbons (Fsp3) is 0.467. The predicted octanol–water partition coefficient (Wildman–Crippen LogP) is 2.07. The Morgan fingerprint density at radius 2 is 1.80 bits per heavy atom. The molecule has 0 aromatic heterocycles. The molecule has 0 N–H and O–H groups in total. The van der Waals surface area contributed by atoms with Crippen molar-refractivity contribution < 1.29 is 14.0 Å². The van der Waals surface area contributed by atoms with Crippen LogP contribution in [0.2, 0.25) is 0 Å². The van der Waals surface area contributed by atoms with Gasteiger partial charge in [-0.25, -0.2) is 4.39 Å². The first-order valence-electron chi connectivity index (χ1n) is 6.70. The molecule has 0 saturated heterocycles. The molecule has 0 fully saturated rings. The second kappa shape index (κ2) is 7.03. The number of halogens is 1. The van der Waals surface area contributed by atoms with Crippen LogP contribution in [0, 0.1) is 12.7 Å². The Labute approximate surface area is 119 Å². The maximum absolute atomic E-state index is 13.7. The van der Waals surface area contributed by atoms with Crippen molar-refractivity contribution in [1.29, 1.82) is 0 Å². The van der Waals surface area contributed by atoms with E-state index in [2.05, 4.69) is 0 Å². The van der Waals surface area contributed by atoms with E-state index in [1.54, 1.807) is 17.9 Å². The summed E-state index contributed by atoms with van der Waals surface area (Å²) in [6, 6.07) is 4.44. The second-order valence-corrected chi connectivity index (χ2v) is 4.71. The highest BCUT2D eigenvalue weighted by molar-refractivity contribution is 5.96. The van der Waals surface area contributed by atoms with Gasteiger partial charge in [-0.2, -0.15) is 0 Å². The van der Waals surface area contributed by atoms with Gasteiger partial charge in [0.1, 0.15) is 5.82 Å². The third-order valence-corrected chi connectivity index (χ3v) is 3.19.